The number of nitrogens with zero attached hydrogens (tertiary/aromatic N) is 2. The van der Waals surface area contributed by atoms with Crippen molar-refractivity contribution in [3.63, 3.8) is 0 Å². The Bertz CT molecular complexity index is 199. The van der Waals surface area contributed by atoms with Crippen LogP contribution in [-0.2, 0) is 0 Å². The second kappa shape index (κ2) is 5.99. The summed E-state index contributed by atoms with van der Waals surface area (Å²) < 4.78 is 0. The number of likely N-dealkylation sites (tertiary alicyclic amines) is 1. The molecule has 0 aromatic carbocycles. The maximum Gasteiger partial charge on any atom is 0.0119 e. The fraction of sp³-hybridized carbons (Fsp3) is 1.00. The Labute approximate surface area is 100 Å². The van der Waals surface area contributed by atoms with Crippen LogP contribution in [0.25, 0.3) is 0 Å². The van der Waals surface area contributed by atoms with Crippen molar-refractivity contribution in [2.24, 2.45) is 5.92 Å². The molecule has 0 bridgehead atoms. The molecule has 16 heavy (non-hydrogen) atoms. The number of rotatable bonds is 3. The van der Waals surface area contributed by atoms with Crippen molar-refractivity contribution in [1.82, 2.24) is 15.1 Å². The molecule has 94 valence electrons. The highest BCUT2D eigenvalue weighted by molar-refractivity contribution is 4.83. The molecule has 3 nitrogen and oxygen atoms in total. The van der Waals surface area contributed by atoms with E-state index in [9.17, 15) is 0 Å². The van der Waals surface area contributed by atoms with Gasteiger partial charge in [-0.15, -0.1) is 0 Å². The third-order valence-corrected chi connectivity index (χ3v) is 4.00. The van der Waals surface area contributed by atoms with Gasteiger partial charge in [0.2, 0.25) is 0 Å². The first kappa shape index (κ1) is 12.3. The van der Waals surface area contributed by atoms with Crippen LogP contribution < -0.4 is 5.32 Å². The second-order valence-electron chi connectivity index (χ2n) is 5.75. The molecule has 0 aromatic rings. The lowest BCUT2D eigenvalue weighted by atomic mass is 9.94. The fourth-order valence-electron chi connectivity index (χ4n) is 3.27. The van der Waals surface area contributed by atoms with Crippen LogP contribution in [-0.4, -0.2) is 62.7 Å². The van der Waals surface area contributed by atoms with Gasteiger partial charge in [0.15, 0.2) is 0 Å². The van der Waals surface area contributed by atoms with Crippen LogP contribution >= 0.6 is 0 Å². The third kappa shape index (κ3) is 3.44. The lowest BCUT2D eigenvalue weighted by Gasteiger charge is -2.40. The molecule has 2 aliphatic rings. The lowest BCUT2D eigenvalue weighted by molar-refractivity contribution is 0.0916. The maximum absolute atomic E-state index is 3.46. The van der Waals surface area contributed by atoms with E-state index in [1.165, 1.54) is 58.4 Å². The number of nitrogens with one attached hydrogen (secondary N) is 1. The Balaban J connectivity index is 1.80. The molecule has 0 aromatic heterocycles. The van der Waals surface area contributed by atoms with E-state index in [-0.39, 0.29) is 0 Å². The standard InChI is InChI=1S/C13H27N3/c1-15(2)10-12-4-3-9-16(11-12)13-5-7-14-8-6-13/h12-14H,3-11H2,1-2H3/t12-/m1/s1. The van der Waals surface area contributed by atoms with Crippen molar-refractivity contribution >= 4 is 0 Å². The zero-order valence-corrected chi connectivity index (χ0v) is 10.9. The van der Waals surface area contributed by atoms with Gasteiger partial charge in [-0.3, -0.25) is 4.90 Å². The van der Waals surface area contributed by atoms with E-state index in [1.807, 2.05) is 0 Å². The zero-order valence-electron chi connectivity index (χ0n) is 10.9. The van der Waals surface area contributed by atoms with Crippen molar-refractivity contribution in [1.29, 1.82) is 0 Å². The van der Waals surface area contributed by atoms with Gasteiger partial charge in [-0.2, -0.15) is 0 Å². The summed E-state index contributed by atoms with van der Waals surface area (Å²) in [4.78, 5) is 5.11. The van der Waals surface area contributed by atoms with Crippen LogP contribution in [0.4, 0.5) is 0 Å². The highest BCUT2D eigenvalue weighted by Crippen LogP contribution is 2.22. The molecule has 0 spiro atoms. The van der Waals surface area contributed by atoms with Crippen molar-refractivity contribution < 1.29 is 0 Å². The Morgan fingerprint density at radius 3 is 2.62 bits per heavy atom. The summed E-state index contributed by atoms with van der Waals surface area (Å²) >= 11 is 0. The lowest BCUT2D eigenvalue weighted by Crippen LogP contribution is -2.48. The maximum atomic E-state index is 3.46. The Morgan fingerprint density at radius 2 is 1.94 bits per heavy atom. The smallest absolute Gasteiger partial charge is 0.0119 e. The third-order valence-electron chi connectivity index (χ3n) is 4.00. The second-order valence-corrected chi connectivity index (χ2v) is 5.75. The molecule has 0 saturated carbocycles. The fourth-order valence-corrected chi connectivity index (χ4v) is 3.27. The van der Waals surface area contributed by atoms with Gasteiger partial charge >= 0.3 is 0 Å². The average molecular weight is 225 g/mol. The van der Waals surface area contributed by atoms with Gasteiger partial charge in [0.1, 0.15) is 0 Å². The molecule has 2 aliphatic heterocycles. The zero-order chi connectivity index (χ0) is 11.4. The SMILES string of the molecule is CN(C)C[C@H]1CCCN(C2CCNCC2)C1. The van der Waals surface area contributed by atoms with Crippen LogP contribution in [0.15, 0.2) is 0 Å². The van der Waals surface area contributed by atoms with Crippen LogP contribution in [0.2, 0.25) is 0 Å². The molecule has 0 unspecified atom stereocenters. The molecule has 2 saturated heterocycles. The van der Waals surface area contributed by atoms with Crippen LogP contribution in [0, 0.1) is 5.92 Å². The summed E-state index contributed by atoms with van der Waals surface area (Å²) in [6.07, 6.45) is 5.55. The first-order chi connectivity index (χ1) is 7.75. The highest BCUT2D eigenvalue weighted by Gasteiger charge is 2.26. The summed E-state index contributed by atoms with van der Waals surface area (Å²) in [7, 11) is 4.40. The first-order valence-corrected chi connectivity index (χ1v) is 6.85. The van der Waals surface area contributed by atoms with Crippen molar-refractivity contribution in [2.75, 3.05) is 46.8 Å². The average Bonchev–Trinajstić information content (AvgIpc) is 2.30. The molecular weight excluding hydrogens is 198 g/mol. The molecule has 0 amide bonds. The summed E-state index contributed by atoms with van der Waals surface area (Å²) in [5.41, 5.74) is 0. The predicted molar refractivity (Wildman–Crippen MR) is 68.7 cm³/mol. The number of hydrogen-bond acceptors (Lipinski definition) is 3. The van der Waals surface area contributed by atoms with E-state index in [0.717, 1.165) is 12.0 Å². The Morgan fingerprint density at radius 1 is 1.19 bits per heavy atom. The van der Waals surface area contributed by atoms with Gasteiger partial charge in [0.05, 0.1) is 0 Å². The molecule has 3 heteroatoms. The largest absolute Gasteiger partial charge is 0.317 e. The molecule has 1 atom stereocenters. The minimum absolute atomic E-state index is 0.867. The molecule has 0 radical (unpaired) electrons. The van der Waals surface area contributed by atoms with Crippen molar-refractivity contribution in [2.45, 2.75) is 31.7 Å². The monoisotopic (exact) mass is 225 g/mol. The highest BCUT2D eigenvalue weighted by atomic mass is 15.2. The van der Waals surface area contributed by atoms with Gasteiger partial charge in [0.25, 0.3) is 0 Å². The van der Waals surface area contributed by atoms with Crippen molar-refractivity contribution in [3.8, 4) is 0 Å². The van der Waals surface area contributed by atoms with E-state index in [4.69, 9.17) is 0 Å². The molecule has 2 heterocycles. The molecule has 0 aliphatic carbocycles. The minimum atomic E-state index is 0.867. The van der Waals surface area contributed by atoms with Gasteiger partial charge < -0.3 is 10.2 Å². The summed E-state index contributed by atoms with van der Waals surface area (Å²) in [6.45, 7) is 6.39. The summed E-state index contributed by atoms with van der Waals surface area (Å²) in [6, 6.07) is 0.867. The molecule has 2 fully saturated rings. The summed E-state index contributed by atoms with van der Waals surface area (Å²) in [5, 5.41) is 3.46. The van der Waals surface area contributed by atoms with Crippen molar-refractivity contribution in [3.05, 3.63) is 0 Å². The van der Waals surface area contributed by atoms with Gasteiger partial charge in [-0.1, -0.05) is 0 Å². The van der Waals surface area contributed by atoms with Crippen LogP contribution in [0.5, 0.6) is 0 Å². The normalized spacial score (nSPS) is 29.8. The number of piperidine rings is 2. The van der Waals surface area contributed by atoms with E-state index >= 15 is 0 Å². The van der Waals surface area contributed by atoms with Gasteiger partial charge in [0, 0.05) is 19.1 Å². The first-order valence-electron chi connectivity index (χ1n) is 6.85. The van der Waals surface area contributed by atoms with E-state index in [2.05, 4.69) is 29.2 Å². The number of hydrogen-bond donors (Lipinski definition) is 1. The Kier molecular flexibility index (Phi) is 4.62. The predicted octanol–water partition coefficient (Wildman–Crippen LogP) is 1.01. The quantitative estimate of drug-likeness (QED) is 0.773. The van der Waals surface area contributed by atoms with E-state index in [1.54, 1.807) is 0 Å². The molecular formula is C13H27N3. The van der Waals surface area contributed by atoms with Crippen LogP contribution in [0.3, 0.4) is 0 Å². The van der Waals surface area contributed by atoms with E-state index < -0.39 is 0 Å². The summed E-state index contributed by atoms with van der Waals surface area (Å²) in [5.74, 6) is 0.902. The minimum Gasteiger partial charge on any atom is -0.317 e. The van der Waals surface area contributed by atoms with Crippen LogP contribution in [0.1, 0.15) is 25.7 Å². The Hall–Kier alpha value is -0.120. The topological polar surface area (TPSA) is 18.5 Å². The molecule has 2 rings (SSSR count). The van der Waals surface area contributed by atoms with Gasteiger partial charge in [-0.25, -0.2) is 0 Å². The molecule has 1 N–H and O–H groups in total. The van der Waals surface area contributed by atoms with Gasteiger partial charge in [-0.05, 0) is 65.3 Å². The van der Waals surface area contributed by atoms with E-state index in [0.29, 0.717) is 0 Å².